The molecule has 0 spiro atoms. The fourth-order valence-corrected chi connectivity index (χ4v) is 3.80. The number of fused-ring (bicyclic) bond motifs is 2. The average Bonchev–Trinajstić information content (AvgIpc) is 2.79. The first-order chi connectivity index (χ1) is 7.19. The Labute approximate surface area is 97.8 Å². The topological polar surface area (TPSA) is 36.4 Å². The molecule has 2 aliphatic rings. The van der Waals surface area contributed by atoms with Gasteiger partial charge in [0.1, 0.15) is 5.60 Å². The van der Waals surface area contributed by atoms with Crippen LogP contribution >= 0.6 is 23.1 Å². The second kappa shape index (κ2) is 3.42. The maximum Gasteiger partial charge on any atom is 0.110 e. The third kappa shape index (κ3) is 1.51. The van der Waals surface area contributed by atoms with Crippen LogP contribution in [0.15, 0.2) is 10.9 Å². The van der Waals surface area contributed by atoms with E-state index < -0.39 is 5.60 Å². The maximum absolute atomic E-state index is 10.6. The van der Waals surface area contributed by atoms with Crippen LogP contribution in [0.3, 0.4) is 0 Å². The van der Waals surface area contributed by atoms with Crippen molar-refractivity contribution < 1.29 is 5.11 Å². The molecule has 0 saturated carbocycles. The van der Waals surface area contributed by atoms with Crippen molar-refractivity contribution in [3.05, 3.63) is 16.6 Å². The van der Waals surface area contributed by atoms with Gasteiger partial charge in [0.25, 0.3) is 0 Å². The van der Waals surface area contributed by atoms with Gasteiger partial charge in [-0.25, -0.2) is 9.40 Å². The molecule has 0 radical (unpaired) electrons. The average molecular weight is 245 g/mol. The van der Waals surface area contributed by atoms with Gasteiger partial charge in [0.05, 0.1) is 11.2 Å². The van der Waals surface area contributed by atoms with E-state index in [0.717, 1.165) is 31.4 Å². The molecule has 3 nitrogen and oxygen atoms in total. The molecule has 2 unspecified atom stereocenters. The van der Waals surface area contributed by atoms with Crippen molar-refractivity contribution in [2.45, 2.75) is 43.4 Å². The summed E-state index contributed by atoms with van der Waals surface area (Å²) in [7, 11) is 0. The van der Waals surface area contributed by atoms with Gasteiger partial charge < -0.3 is 5.11 Å². The Morgan fingerprint density at radius 3 is 2.67 bits per heavy atom. The molecule has 2 fully saturated rings. The summed E-state index contributed by atoms with van der Waals surface area (Å²) in [6.07, 6.45) is 3.63. The largest absolute Gasteiger partial charge is 0.383 e. The number of halogens is 1. The minimum atomic E-state index is -0.739. The van der Waals surface area contributed by atoms with Crippen LogP contribution < -0.4 is 0 Å². The molecule has 3 heterocycles. The van der Waals surface area contributed by atoms with Gasteiger partial charge in [-0.3, -0.25) is 0 Å². The van der Waals surface area contributed by atoms with Crippen LogP contribution in [-0.4, -0.2) is 26.6 Å². The summed E-state index contributed by atoms with van der Waals surface area (Å²) in [4.78, 5) is 4.24. The zero-order chi connectivity index (χ0) is 10.5. The molecule has 2 atom stereocenters. The number of thiazole rings is 1. The molecule has 82 valence electrons. The van der Waals surface area contributed by atoms with Crippen LogP contribution in [0.4, 0.5) is 0 Å². The van der Waals surface area contributed by atoms with Crippen LogP contribution in [0, 0.1) is 0 Å². The highest BCUT2D eigenvalue weighted by Crippen LogP contribution is 2.46. The summed E-state index contributed by atoms with van der Waals surface area (Å²) in [6.45, 7) is 0. The highest BCUT2D eigenvalue weighted by Gasteiger charge is 2.48. The summed E-state index contributed by atoms with van der Waals surface area (Å²) < 4.78 is 1.90. The van der Waals surface area contributed by atoms with Crippen LogP contribution in [0.2, 0.25) is 0 Å². The molecule has 0 aliphatic carbocycles. The lowest BCUT2D eigenvalue weighted by Crippen LogP contribution is -2.45. The van der Waals surface area contributed by atoms with E-state index in [1.807, 2.05) is 9.80 Å². The van der Waals surface area contributed by atoms with Crippen molar-refractivity contribution in [3.63, 3.8) is 0 Å². The summed E-state index contributed by atoms with van der Waals surface area (Å²) in [5.41, 5.74) is 1.87. The first-order valence-corrected chi connectivity index (χ1v) is 6.52. The first kappa shape index (κ1) is 10.0. The number of piperidine rings is 1. The van der Waals surface area contributed by atoms with E-state index in [0.29, 0.717) is 12.1 Å². The second-order valence-corrected chi connectivity index (χ2v) is 5.65. The Hall–Kier alpha value is -0.160. The summed E-state index contributed by atoms with van der Waals surface area (Å²) in [6, 6.07) is 0.634. The van der Waals surface area contributed by atoms with E-state index in [2.05, 4.69) is 4.98 Å². The number of hydrogen-bond acceptors (Lipinski definition) is 4. The Kier molecular flexibility index (Phi) is 2.28. The molecule has 5 heteroatoms. The SMILES string of the molecule is OC1(c2cscn2)CC2CCC(C1)N2Cl. The quantitative estimate of drug-likeness (QED) is 0.769. The van der Waals surface area contributed by atoms with Crippen LogP contribution in [0.5, 0.6) is 0 Å². The van der Waals surface area contributed by atoms with Crippen molar-refractivity contribution in [1.29, 1.82) is 0 Å². The van der Waals surface area contributed by atoms with Gasteiger partial charge >= 0.3 is 0 Å². The summed E-state index contributed by atoms with van der Waals surface area (Å²) in [5.74, 6) is 0. The predicted molar refractivity (Wildman–Crippen MR) is 59.7 cm³/mol. The van der Waals surface area contributed by atoms with Crippen LogP contribution in [0.1, 0.15) is 31.4 Å². The Balaban J connectivity index is 1.90. The molecule has 1 N–H and O–H groups in total. The summed E-state index contributed by atoms with van der Waals surface area (Å²) >= 11 is 7.71. The number of rotatable bonds is 1. The molecule has 15 heavy (non-hydrogen) atoms. The lowest BCUT2D eigenvalue weighted by Gasteiger charge is -2.39. The second-order valence-electron chi connectivity index (χ2n) is 4.54. The zero-order valence-electron chi connectivity index (χ0n) is 8.27. The predicted octanol–water partition coefficient (Wildman–Crippen LogP) is 2.11. The lowest BCUT2D eigenvalue weighted by molar-refractivity contribution is -0.0367. The van der Waals surface area contributed by atoms with Crippen molar-refractivity contribution in [1.82, 2.24) is 9.40 Å². The third-order valence-electron chi connectivity index (χ3n) is 3.59. The fraction of sp³-hybridized carbons (Fsp3) is 0.700. The van der Waals surface area contributed by atoms with E-state index in [1.54, 1.807) is 5.51 Å². The van der Waals surface area contributed by atoms with E-state index in [1.165, 1.54) is 11.3 Å². The highest BCUT2D eigenvalue weighted by atomic mass is 35.5. The van der Waals surface area contributed by atoms with E-state index in [9.17, 15) is 5.11 Å². The van der Waals surface area contributed by atoms with E-state index in [4.69, 9.17) is 11.8 Å². The normalized spacial score (nSPS) is 40.9. The van der Waals surface area contributed by atoms with Crippen molar-refractivity contribution in [2.75, 3.05) is 0 Å². The zero-order valence-corrected chi connectivity index (χ0v) is 9.84. The fourth-order valence-electron chi connectivity index (χ4n) is 2.82. The van der Waals surface area contributed by atoms with Gasteiger partial charge in [-0.15, -0.1) is 11.3 Å². The van der Waals surface area contributed by atoms with Gasteiger partial charge in [0.2, 0.25) is 0 Å². The van der Waals surface area contributed by atoms with Gasteiger partial charge in [0, 0.05) is 17.5 Å². The van der Waals surface area contributed by atoms with Crippen LogP contribution in [-0.2, 0) is 5.60 Å². The number of aliphatic hydroxyl groups is 1. The minimum Gasteiger partial charge on any atom is -0.383 e. The molecule has 2 bridgehead atoms. The molecular formula is C10H13ClN2OS. The monoisotopic (exact) mass is 244 g/mol. The van der Waals surface area contributed by atoms with E-state index in [-0.39, 0.29) is 0 Å². The Bertz CT molecular complexity index is 342. The smallest absolute Gasteiger partial charge is 0.110 e. The molecule has 2 saturated heterocycles. The maximum atomic E-state index is 10.6. The summed E-state index contributed by atoms with van der Waals surface area (Å²) in [5, 5.41) is 12.5. The van der Waals surface area contributed by atoms with Gasteiger partial charge in [0.15, 0.2) is 0 Å². The number of hydrogen-bond donors (Lipinski definition) is 1. The van der Waals surface area contributed by atoms with Crippen LogP contribution in [0.25, 0.3) is 0 Å². The molecule has 2 aliphatic heterocycles. The van der Waals surface area contributed by atoms with Crippen molar-refractivity contribution >= 4 is 23.1 Å². The minimum absolute atomic E-state index is 0.317. The molecule has 1 aromatic heterocycles. The molecular weight excluding hydrogens is 232 g/mol. The standard InChI is InChI=1S/C10H13ClN2OS/c11-13-7-1-2-8(13)4-10(14,3-7)9-5-15-6-12-9/h5-8,14H,1-4H2. The van der Waals surface area contributed by atoms with Gasteiger partial charge in [-0.2, -0.15) is 0 Å². The lowest BCUT2D eigenvalue weighted by atomic mass is 9.85. The molecule has 3 rings (SSSR count). The first-order valence-electron chi connectivity index (χ1n) is 5.24. The van der Waals surface area contributed by atoms with E-state index >= 15 is 0 Å². The highest BCUT2D eigenvalue weighted by molar-refractivity contribution is 7.07. The molecule has 1 aromatic rings. The van der Waals surface area contributed by atoms with Crippen molar-refractivity contribution in [3.8, 4) is 0 Å². The third-order valence-corrected chi connectivity index (χ3v) is 4.73. The molecule has 0 aromatic carbocycles. The Morgan fingerprint density at radius 1 is 1.47 bits per heavy atom. The number of aromatic nitrogens is 1. The van der Waals surface area contributed by atoms with Crippen molar-refractivity contribution in [2.24, 2.45) is 0 Å². The number of nitrogens with zero attached hydrogens (tertiary/aromatic N) is 2. The van der Waals surface area contributed by atoms with Gasteiger partial charge in [-0.1, -0.05) is 0 Å². The van der Waals surface area contributed by atoms with Gasteiger partial charge in [-0.05, 0) is 37.5 Å². The Morgan fingerprint density at radius 2 is 2.13 bits per heavy atom. The molecule has 0 amide bonds.